The molecule has 0 unspecified atom stereocenters. The highest BCUT2D eigenvalue weighted by Gasteiger charge is 2.17. The van der Waals surface area contributed by atoms with Gasteiger partial charge < -0.3 is 60.3 Å². The molecule has 12 N–H and O–H groups in total. The molecule has 0 amide bonds. The van der Waals surface area contributed by atoms with Crippen LogP contribution < -0.4 is 0 Å². The van der Waals surface area contributed by atoms with Gasteiger partial charge in [0.05, 0.1) is 113 Å². The van der Waals surface area contributed by atoms with Crippen molar-refractivity contribution in [3.05, 3.63) is 374 Å². The Morgan fingerprint density at radius 1 is 0.277 bits per heavy atom. The largest absolute Gasteiger partial charge is 0.508 e. The lowest BCUT2D eigenvalue weighted by atomic mass is 10.1. The number of benzene rings is 8. The number of phenolic OH excluding ortho intramolecular Hbond substituents is 1. The molecule has 16 heterocycles. The molecular formula is C104H89ClN24O6S2. The summed E-state index contributed by atoms with van der Waals surface area (Å²) in [4.78, 5) is 95.8. The number of halogens is 1. The first-order valence-electron chi connectivity index (χ1n) is 42.9. The number of nitrogens with one attached hydrogen (secondary N) is 8. The number of pyridine rings is 8. The van der Waals surface area contributed by atoms with Gasteiger partial charge in [0.15, 0.2) is 56.4 Å². The van der Waals surface area contributed by atoms with E-state index in [1.54, 1.807) is 98.1 Å². The average molecular weight is 1870 g/mol. The van der Waals surface area contributed by atoms with Crippen LogP contribution in [0.5, 0.6) is 5.75 Å². The van der Waals surface area contributed by atoms with Crippen molar-refractivity contribution in [2.24, 2.45) is 0 Å². The number of aromatic amines is 8. The van der Waals surface area contributed by atoms with Crippen molar-refractivity contribution >= 4 is 123 Å². The molecule has 0 aliphatic rings. The van der Waals surface area contributed by atoms with E-state index in [2.05, 4.69) is 189 Å². The topological polar surface area (TPSA) is 448 Å². The average Bonchev–Trinajstić information content (AvgIpc) is 1.64. The molecule has 0 aliphatic heterocycles. The van der Waals surface area contributed by atoms with Crippen LogP contribution in [0.2, 0.25) is 0 Å². The van der Waals surface area contributed by atoms with Crippen LogP contribution in [-0.2, 0) is 35.4 Å². The molecule has 30 nitrogen and oxygen atoms in total. The number of imidazole rings is 8. The van der Waals surface area contributed by atoms with Gasteiger partial charge in [-0.15, -0.1) is 12.4 Å². The van der Waals surface area contributed by atoms with Gasteiger partial charge >= 0.3 is 0 Å². The maximum Gasteiger partial charge on any atom is 0.175 e. The fourth-order valence-corrected chi connectivity index (χ4v) is 15.2. The normalized spacial score (nSPS) is 10.9. The van der Waals surface area contributed by atoms with Gasteiger partial charge in [0.1, 0.15) is 51.3 Å². The van der Waals surface area contributed by atoms with Crippen molar-refractivity contribution in [1.29, 1.82) is 0 Å². The van der Waals surface area contributed by atoms with E-state index in [9.17, 15) is 23.7 Å². The second-order valence-electron chi connectivity index (χ2n) is 31.0. The third-order valence-corrected chi connectivity index (χ3v) is 22.7. The molecule has 0 atom stereocenters. The Morgan fingerprint density at radius 2 is 0.569 bits per heavy atom. The molecule has 0 radical (unpaired) electrons. The summed E-state index contributed by atoms with van der Waals surface area (Å²) >= 11 is 4.27. The highest BCUT2D eigenvalue weighted by molar-refractivity contribution is 7.90. The number of aromatic nitrogens is 24. The molecule has 0 aliphatic carbocycles. The van der Waals surface area contributed by atoms with E-state index >= 15 is 0 Å². The molecule has 24 aromatic rings. The van der Waals surface area contributed by atoms with Crippen LogP contribution in [0.15, 0.2) is 340 Å². The third kappa shape index (κ3) is 23.2. The predicted octanol–water partition coefficient (Wildman–Crippen LogP) is 20.4. The molecule has 0 saturated carbocycles. The number of rotatable bonds is 13. The monoisotopic (exact) mass is 1870 g/mol. The zero-order valence-corrected chi connectivity index (χ0v) is 76.6. The minimum atomic E-state index is -3.21. The molecule has 137 heavy (non-hydrogen) atoms. The molecule has 0 saturated heterocycles. The summed E-state index contributed by atoms with van der Waals surface area (Å²) < 4.78 is 23.0. The van der Waals surface area contributed by atoms with E-state index in [1.807, 2.05) is 200 Å². The van der Waals surface area contributed by atoms with Gasteiger partial charge in [-0.3, -0.25) is 39.9 Å². The maximum atomic E-state index is 11.5. The van der Waals surface area contributed by atoms with Crippen LogP contribution in [0.1, 0.15) is 38.9 Å². The highest BCUT2D eigenvalue weighted by atomic mass is 35.5. The summed E-state index contributed by atoms with van der Waals surface area (Å²) in [5, 5.41) is 37.0. The van der Waals surface area contributed by atoms with Gasteiger partial charge in [0.2, 0.25) is 0 Å². The van der Waals surface area contributed by atoms with Crippen LogP contribution in [0.3, 0.4) is 0 Å². The maximum absolute atomic E-state index is 11.5. The standard InChI is InChI=1S/C14H13N3O2.C13H11N3O2S.C13H11N3O.C13H11N3S.3C13H11N3.C12H9N3O.ClH/c18-7-9-5-12-13(6-10(9)8-19)17-14(16-12)11-3-1-2-4-15-11;1-19(17,18)9-5-6-10-12(8-9)16-13(15-10)11-4-2-3-7-14-11;2*17-8-9-4-5-10-12(7-9)16-13(15-10)11-3-1-2-6-14-11;1-9-5-4-7-10-12(9)16-13(15-10)11-6-2-3-8-14-11;2*1-9-5-6-10-12(8-9)16-13(15-10)11-4-2-3-7-14-11;16-8-4-5-9-11(7-8)15-12(14-9)10-3-1-2-6-13-10;/h1-6,18-19H,7-8H2,(H,16,17);2-8H,1H3,(H,15,16);2*1-7,17H,8H2,(H,15,16);3*2-8H,1H3,(H,15,16);1-7,16H,(H,14,15);1H. The fourth-order valence-electron chi connectivity index (χ4n) is 14.4. The second-order valence-corrected chi connectivity index (χ2v) is 33.4. The molecule has 16 aromatic heterocycles. The van der Waals surface area contributed by atoms with Gasteiger partial charge in [0.25, 0.3) is 0 Å². The Morgan fingerprint density at radius 3 is 0.905 bits per heavy atom. The number of hydrogen-bond acceptors (Lipinski definition) is 23. The summed E-state index contributed by atoms with van der Waals surface area (Å²) in [6.45, 7) is 6.02. The lowest BCUT2D eigenvalue weighted by Gasteiger charge is -2.03. The number of hydrogen-bond donors (Lipinski definition) is 13. The Labute approximate surface area is 795 Å². The number of aromatic hydroxyl groups is 1. The summed E-state index contributed by atoms with van der Waals surface area (Å²) in [6, 6.07) is 89.4. The number of fused-ring (bicyclic) bond motifs is 8. The molecule has 0 spiro atoms. The van der Waals surface area contributed by atoms with Gasteiger partial charge in [-0.2, -0.15) is 12.6 Å². The predicted molar refractivity (Wildman–Crippen MR) is 541 cm³/mol. The van der Waals surface area contributed by atoms with Gasteiger partial charge in [-0.1, -0.05) is 84.9 Å². The van der Waals surface area contributed by atoms with Crippen LogP contribution in [-0.4, -0.2) is 155 Å². The number of thiol groups is 1. The Bertz CT molecular complexity index is 7830. The quantitative estimate of drug-likeness (QED) is 0.0477. The van der Waals surface area contributed by atoms with Crippen LogP contribution >= 0.6 is 25.0 Å². The number of aliphatic hydroxyl groups excluding tert-OH is 3. The van der Waals surface area contributed by atoms with Crippen LogP contribution in [0.4, 0.5) is 0 Å². The van der Waals surface area contributed by atoms with Gasteiger partial charge in [-0.25, -0.2) is 48.3 Å². The Balaban J connectivity index is 0.000000113. The smallest absolute Gasteiger partial charge is 0.175 e. The van der Waals surface area contributed by atoms with E-state index in [1.165, 1.54) is 28.5 Å². The van der Waals surface area contributed by atoms with Crippen molar-refractivity contribution in [2.45, 2.75) is 51.2 Å². The summed E-state index contributed by atoms with van der Waals surface area (Å²) in [6.07, 6.45) is 15.1. The van der Waals surface area contributed by atoms with Crippen molar-refractivity contribution in [3.63, 3.8) is 0 Å². The minimum absolute atomic E-state index is 0. The Kier molecular flexibility index (Phi) is 29.6. The minimum Gasteiger partial charge on any atom is -0.508 e. The molecule has 8 aromatic carbocycles. The first-order chi connectivity index (χ1) is 66.4. The fraction of sp³-hybridized carbons (Fsp3) is 0.0769. The van der Waals surface area contributed by atoms with Crippen molar-refractivity contribution in [1.82, 2.24) is 120 Å². The number of sulfone groups is 1. The molecule has 0 fully saturated rings. The van der Waals surface area contributed by atoms with E-state index in [4.69, 9.17) is 5.11 Å². The first-order valence-corrected chi connectivity index (χ1v) is 45.4. The van der Waals surface area contributed by atoms with Gasteiger partial charge in [0, 0.05) is 67.6 Å². The first kappa shape index (κ1) is 93.2. The summed E-state index contributed by atoms with van der Waals surface area (Å²) in [7, 11) is -3.21. The number of para-hydroxylation sites is 1. The zero-order chi connectivity index (χ0) is 93.9. The van der Waals surface area contributed by atoms with E-state index < -0.39 is 9.84 Å². The molecule has 680 valence electrons. The molecular weight excluding hydrogens is 1780 g/mol. The number of phenols is 1. The molecule has 33 heteroatoms. The lowest BCUT2D eigenvalue weighted by Crippen LogP contribution is -1.96. The number of H-pyrrole nitrogens is 8. The number of aryl methyl sites for hydroxylation is 3. The number of aliphatic hydroxyl groups is 3. The number of nitrogens with zero attached hydrogens (tertiary/aromatic N) is 16. The van der Waals surface area contributed by atoms with Crippen LogP contribution in [0, 0.1) is 20.8 Å². The highest BCUT2D eigenvalue weighted by Crippen LogP contribution is 2.30. The summed E-state index contributed by atoms with van der Waals surface area (Å²) in [5.74, 6) is 6.98. The SMILES string of the molecule is CS(=O)(=O)c1ccc2nc(-c3ccccn3)[nH]c2c1.Cc1ccc2nc(-c3ccccn3)[nH]c2c1.Cc1ccc2nc(-c3ccccn3)[nH]c2c1.Cc1cccc2[nH]c(-c3ccccn3)nc12.Cl.OCc1cc2nc(-c3ccccn3)[nH]c2cc1CO.OCc1ccc2nc(-c3ccccn3)[nH]c2c1.Oc1ccc2nc(-c3ccccn3)[nH]c2c1.SCc1ccc2nc(-c3ccccn3)[nH]c2c1. The van der Waals surface area contributed by atoms with Crippen molar-refractivity contribution in [2.75, 3.05) is 6.26 Å². The lowest BCUT2D eigenvalue weighted by molar-refractivity contribution is 0.260. The van der Waals surface area contributed by atoms with E-state index in [0.29, 0.717) is 39.6 Å². The second kappa shape index (κ2) is 43.6. The van der Waals surface area contributed by atoms with E-state index in [0.717, 1.165) is 163 Å². The van der Waals surface area contributed by atoms with E-state index in [-0.39, 0.29) is 42.9 Å². The van der Waals surface area contributed by atoms with Crippen molar-refractivity contribution in [3.8, 4) is 97.9 Å². The van der Waals surface area contributed by atoms with Crippen LogP contribution in [0.25, 0.3) is 180 Å². The summed E-state index contributed by atoms with van der Waals surface area (Å²) in [5.41, 5.74) is 28.1. The van der Waals surface area contributed by atoms with Crippen molar-refractivity contribution < 1.29 is 28.8 Å². The molecule has 24 rings (SSSR count). The zero-order valence-electron chi connectivity index (χ0n) is 74.1. The Hall–Kier alpha value is -17.0. The third-order valence-electron chi connectivity index (χ3n) is 21.2. The van der Waals surface area contributed by atoms with Gasteiger partial charge in [-0.05, 0) is 254 Å². The molecule has 0 bridgehead atoms.